The summed E-state index contributed by atoms with van der Waals surface area (Å²) in [5.74, 6) is 0. The van der Waals surface area contributed by atoms with Gasteiger partial charge in [0.25, 0.3) is 0 Å². The summed E-state index contributed by atoms with van der Waals surface area (Å²) in [5, 5.41) is 0. The molecule has 0 aliphatic carbocycles. The monoisotopic (exact) mass is 176 g/mol. The Labute approximate surface area is 57.7 Å². The maximum atomic E-state index is 9.86. The molecule has 0 radical (unpaired) electrons. The summed E-state index contributed by atoms with van der Waals surface area (Å²) in [6.07, 6.45) is 4.69. The first-order chi connectivity index (χ1) is 3.71. The van der Waals surface area contributed by atoms with E-state index in [-0.39, 0.29) is 0 Å². The molecule has 0 aliphatic heterocycles. The molecule has 0 amide bonds. The predicted octanol–water partition coefficient (Wildman–Crippen LogP) is -2.49. The van der Waals surface area contributed by atoms with Gasteiger partial charge in [0.15, 0.2) is 0 Å². The van der Waals surface area contributed by atoms with Gasteiger partial charge in [-0.25, -0.2) is 0 Å². The van der Waals surface area contributed by atoms with Gasteiger partial charge in [0, 0.05) is 29.1 Å². The van der Waals surface area contributed by atoms with Crippen LogP contribution in [0.25, 0.3) is 0 Å². The van der Waals surface area contributed by atoms with Crippen LogP contribution in [0.1, 0.15) is 0 Å². The Kier molecular flexibility index (Phi) is 2.75. The van der Waals surface area contributed by atoms with Crippen LogP contribution < -0.4 is 14.0 Å². The van der Waals surface area contributed by atoms with Gasteiger partial charge >= 0.3 is 0 Å². The predicted molar refractivity (Wildman–Crippen MR) is 26.4 cm³/mol. The molecule has 0 saturated carbocycles. The Morgan fingerprint density at radius 3 is 1.44 bits per heavy atom. The van der Waals surface area contributed by atoms with Crippen LogP contribution in [0.2, 0.25) is 0 Å². The van der Waals surface area contributed by atoms with Crippen LogP contribution in [0.5, 0.6) is 0 Å². The molecule has 0 spiro atoms. The van der Waals surface area contributed by atoms with Gasteiger partial charge in [0.1, 0.15) is 3.74 Å². The number of rotatable bonds is 2. The van der Waals surface area contributed by atoms with Crippen LogP contribution in [-0.4, -0.2) is 18.8 Å². The van der Waals surface area contributed by atoms with Crippen molar-refractivity contribution in [3.8, 4) is 0 Å². The number of hydrogen-bond donors (Lipinski definition) is 0. The molecule has 0 heterocycles. The molecule has 9 heavy (non-hydrogen) atoms. The Hall–Kier alpha value is 0.480. The van der Waals surface area contributed by atoms with Crippen LogP contribution in [0.3, 0.4) is 0 Å². The maximum Gasteiger partial charge on any atom is 0.120 e. The molecular formula is C3H9ClO4S. The molecule has 0 saturated heterocycles. The summed E-state index contributed by atoms with van der Waals surface area (Å²) >= 11 is 0. The minimum Gasteiger partial charge on any atom is -0.182 e. The van der Waals surface area contributed by atoms with E-state index in [0.29, 0.717) is 0 Å². The zero-order valence-electron chi connectivity index (χ0n) is 5.42. The zero-order valence-corrected chi connectivity index (χ0v) is 6.99. The second-order valence-electron chi connectivity index (χ2n) is 2.17. The lowest BCUT2D eigenvalue weighted by molar-refractivity contribution is -1.91. The van der Waals surface area contributed by atoms with Crippen molar-refractivity contribution < 1.29 is 28.0 Å². The molecule has 0 aliphatic rings. The SMILES string of the molecule is CS(C)(C)O[Cl+3]([O-])([O-])[O-]. The molecule has 0 N–H and O–H groups in total. The van der Waals surface area contributed by atoms with Gasteiger partial charge in [-0.1, -0.05) is 0 Å². The first kappa shape index (κ1) is 9.48. The van der Waals surface area contributed by atoms with Gasteiger partial charge in [-0.05, 0) is 0 Å². The summed E-state index contributed by atoms with van der Waals surface area (Å²) < 4.78 is 33.7. The van der Waals surface area contributed by atoms with Gasteiger partial charge in [-0.2, -0.15) is 14.0 Å². The second-order valence-corrected chi connectivity index (χ2v) is 6.88. The van der Waals surface area contributed by atoms with E-state index in [9.17, 15) is 14.0 Å². The minimum atomic E-state index is -4.24. The average molecular weight is 177 g/mol. The molecule has 4 nitrogen and oxygen atoms in total. The first-order valence-electron chi connectivity index (χ1n) is 2.01. The fourth-order valence-corrected chi connectivity index (χ4v) is 2.08. The second kappa shape index (κ2) is 2.61. The van der Waals surface area contributed by atoms with Crippen LogP contribution in [0.4, 0.5) is 0 Å². The van der Waals surface area contributed by atoms with Crippen molar-refractivity contribution in [3.63, 3.8) is 0 Å². The van der Waals surface area contributed by atoms with E-state index in [0.717, 1.165) is 0 Å². The highest BCUT2D eigenvalue weighted by Gasteiger charge is 2.27. The summed E-state index contributed by atoms with van der Waals surface area (Å²) in [6.45, 7) is 0. The van der Waals surface area contributed by atoms with Crippen molar-refractivity contribution in [3.05, 3.63) is 0 Å². The molecule has 0 aromatic heterocycles. The van der Waals surface area contributed by atoms with E-state index in [1.54, 1.807) is 18.8 Å². The third-order valence-corrected chi connectivity index (χ3v) is 2.40. The van der Waals surface area contributed by atoms with Crippen LogP contribution in [-0.2, 0) is 3.74 Å². The topological polar surface area (TPSA) is 78.4 Å². The number of halogens is 1. The van der Waals surface area contributed by atoms with Crippen molar-refractivity contribution >= 4 is 10.3 Å². The molecule has 0 fully saturated rings. The molecule has 0 rings (SSSR count). The Morgan fingerprint density at radius 1 is 1.11 bits per heavy atom. The highest BCUT2D eigenvalue weighted by Crippen LogP contribution is 2.38. The molecule has 0 aromatic carbocycles. The molecule has 58 valence electrons. The van der Waals surface area contributed by atoms with Crippen LogP contribution in [0, 0.1) is 10.2 Å². The van der Waals surface area contributed by atoms with E-state index in [2.05, 4.69) is 3.74 Å². The van der Waals surface area contributed by atoms with Gasteiger partial charge in [-0.15, -0.1) is 0 Å². The molecule has 6 heteroatoms. The first-order valence-corrected chi connectivity index (χ1v) is 6.03. The standard InChI is InChI=1S/C3H9ClO4S/c1-9(2,3)8-4(5,6)7/h1-3H3. The quantitative estimate of drug-likeness (QED) is 0.467. The maximum absolute atomic E-state index is 9.86. The van der Waals surface area contributed by atoms with E-state index < -0.39 is 20.6 Å². The third-order valence-electron chi connectivity index (χ3n) is 0.266. The molecule has 0 bridgehead atoms. The minimum absolute atomic E-state index is 1.56. The van der Waals surface area contributed by atoms with Crippen molar-refractivity contribution in [1.82, 2.24) is 0 Å². The number of hydrogen-bond acceptors (Lipinski definition) is 4. The van der Waals surface area contributed by atoms with Gasteiger partial charge in [-0.3, -0.25) is 0 Å². The largest absolute Gasteiger partial charge is 0.182 e. The van der Waals surface area contributed by atoms with E-state index in [4.69, 9.17) is 0 Å². The van der Waals surface area contributed by atoms with Crippen LogP contribution in [0.15, 0.2) is 0 Å². The molecule has 0 aromatic rings. The fourth-order valence-electron chi connectivity index (χ4n) is 0.231. The van der Waals surface area contributed by atoms with Gasteiger partial charge in [0.2, 0.25) is 0 Å². The highest BCUT2D eigenvalue weighted by molar-refractivity contribution is 8.28. The molecule has 0 unspecified atom stereocenters. The Bertz CT molecular complexity index is 81.0. The summed E-state index contributed by atoms with van der Waals surface area (Å²) in [4.78, 5) is 0. The van der Waals surface area contributed by atoms with Crippen molar-refractivity contribution in [2.45, 2.75) is 0 Å². The smallest absolute Gasteiger partial charge is 0.120 e. The van der Waals surface area contributed by atoms with E-state index >= 15 is 0 Å². The summed E-state index contributed by atoms with van der Waals surface area (Å²) in [7, 11) is -5.93. The average Bonchev–Trinajstić information content (AvgIpc) is 1.14. The lowest BCUT2D eigenvalue weighted by Crippen LogP contribution is -2.60. The summed E-state index contributed by atoms with van der Waals surface area (Å²) in [5.41, 5.74) is 0. The van der Waals surface area contributed by atoms with E-state index in [1.165, 1.54) is 0 Å². The summed E-state index contributed by atoms with van der Waals surface area (Å²) in [6, 6.07) is 0. The van der Waals surface area contributed by atoms with E-state index in [1.807, 2.05) is 0 Å². The zero-order chi connectivity index (χ0) is 7.71. The molecule has 0 atom stereocenters. The molecular weight excluding hydrogens is 168 g/mol. The highest BCUT2D eigenvalue weighted by atomic mass is 35.7. The third kappa shape index (κ3) is 8.48. The van der Waals surface area contributed by atoms with Crippen molar-refractivity contribution in [1.29, 1.82) is 0 Å². The Morgan fingerprint density at radius 2 is 1.44 bits per heavy atom. The lowest BCUT2D eigenvalue weighted by Gasteiger charge is -2.22. The van der Waals surface area contributed by atoms with Crippen molar-refractivity contribution in [2.24, 2.45) is 0 Å². The Balaban J connectivity index is 3.75. The van der Waals surface area contributed by atoms with Gasteiger partial charge in [0.05, 0.1) is 10.2 Å². The lowest BCUT2D eigenvalue weighted by atomic mass is 11.9. The van der Waals surface area contributed by atoms with Crippen molar-refractivity contribution in [2.75, 3.05) is 18.8 Å². The van der Waals surface area contributed by atoms with Gasteiger partial charge < -0.3 is 0 Å². The van der Waals surface area contributed by atoms with Crippen LogP contribution >= 0.6 is 10.3 Å². The normalized spacial score (nSPS) is 15.8. The fraction of sp³-hybridized carbons (Fsp3) is 1.00.